The van der Waals surface area contributed by atoms with Crippen molar-refractivity contribution in [2.45, 2.75) is 63.4 Å². The monoisotopic (exact) mass is 627 g/mol. The van der Waals surface area contributed by atoms with Crippen molar-refractivity contribution in [1.29, 1.82) is 0 Å². The first-order chi connectivity index (χ1) is 20.0. The lowest BCUT2D eigenvalue weighted by molar-refractivity contribution is -0.173. The summed E-state index contributed by atoms with van der Waals surface area (Å²) in [6.45, 7) is 2.05. The molecule has 0 radical (unpaired) electrons. The zero-order chi connectivity index (χ0) is 30.5. The molecule has 1 unspecified atom stereocenters. The van der Waals surface area contributed by atoms with Crippen molar-refractivity contribution >= 4 is 31.4 Å². The minimum Gasteiger partial charge on any atom is -0.455 e. The minimum atomic E-state index is -4.37. The van der Waals surface area contributed by atoms with E-state index in [0.717, 1.165) is 16.8 Å². The highest BCUT2D eigenvalue weighted by atomic mass is 35.5. The van der Waals surface area contributed by atoms with Gasteiger partial charge in [0.1, 0.15) is 0 Å². The molecule has 3 heterocycles. The first-order valence-corrected chi connectivity index (χ1v) is 14.6. The molecule has 1 aromatic heterocycles. The molecule has 6 atom stereocenters. The Balaban J connectivity index is 1.72. The van der Waals surface area contributed by atoms with Crippen LogP contribution in [-0.4, -0.2) is 52.6 Å². The highest BCUT2D eigenvalue weighted by molar-refractivity contribution is 7.48. The van der Waals surface area contributed by atoms with E-state index in [1.807, 2.05) is 4.98 Å². The zero-order valence-corrected chi connectivity index (χ0v) is 24.1. The molecular formula is C24H27ClN5O11P. The Kier molecular flexibility index (Phi) is 9.89. The number of benzene rings is 1. The number of hydrogen-bond donors (Lipinski definition) is 1. The molecule has 18 heteroatoms. The zero-order valence-electron chi connectivity index (χ0n) is 22.4. The maximum atomic E-state index is 13.6. The molecule has 0 amide bonds. The molecule has 2 aliphatic rings. The number of halogens is 1. The Morgan fingerprint density at radius 1 is 1.24 bits per heavy atom. The normalized spacial score (nSPS) is 28.9. The number of carbonyl (C=O) groups is 2. The van der Waals surface area contributed by atoms with Crippen LogP contribution in [0.2, 0.25) is 5.02 Å². The number of azide groups is 1. The third-order valence-corrected chi connectivity index (χ3v) is 8.02. The van der Waals surface area contributed by atoms with Crippen molar-refractivity contribution < 1.29 is 41.9 Å². The van der Waals surface area contributed by atoms with E-state index in [9.17, 15) is 29.3 Å². The molecule has 0 saturated carbocycles. The van der Waals surface area contributed by atoms with E-state index in [4.69, 9.17) is 39.4 Å². The lowest BCUT2D eigenvalue weighted by atomic mass is 10.0. The van der Waals surface area contributed by atoms with Crippen LogP contribution in [0.3, 0.4) is 0 Å². The van der Waals surface area contributed by atoms with Crippen molar-refractivity contribution in [2.75, 3.05) is 13.2 Å². The lowest BCUT2D eigenvalue weighted by Gasteiger charge is -2.33. The van der Waals surface area contributed by atoms with Crippen molar-refractivity contribution in [2.24, 2.45) is 5.11 Å². The van der Waals surface area contributed by atoms with E-state index in [-0.39, 0.29) is 19.4 Å². The van der Waals surface area contributed by atoms with Gasteiger partial charge < -0.3 is 14.2 Å². The molecule has 1 N–H and O–H groups in total. The fourth-order valence-corrected chi connectivity index (χ4v) is 5.92. The number of aromatic amines is 1. The van der Waals surface area contributed by atoms with Gasteiger partial charge in [0.05, 0.1) is 19.3 Å². The van der Waals surface area contributed by atoms with Crippen LogP contribution in [0.15, 0.2) is 51.2 Å². The number of carbonyl (C=O) groups excluding carboxylic acids is 2. The molecule has 0 bridgehead atoms. The molecule has 0 spiro atoms. The summed E-state index contributed by atoms with van der Waals surface area (Å²) in [6.07, 6.45) is -4.52. The van der Waals surface area contributed by atoms with E-state index in [2.05, 4.69) is 10.0 Å². The predicted octanol–water partition coefficient (Wildman–Crippen LogP) is 3.67. The molecule has 2 fully saturated rings. The number of aromatic nitrogens is 2. The molecule has 0 aliphatic carbocycles. The van der Waals surface area contributed by atoms with Gasteiger partial charge in [0.25, 0.3) is 5.56 Å². The highest BCUT2D eigenvalue weighted by Gasteiger charge is 2.61. The van der Waals surface area contributed by atoms with Gasteiger partial charge in [0, 0.05) is 41.5 Å². The maximum Gasteiger partial charge on any atom is 0.475 e. The van der Waals surface area contributed by atoms with E-state index in [1.165, 1.54) is 13.8 Å². The number of nitrogens with one attached hydrogen (secondary N) is 1. The van der Waals surface area contributed by atoms with Gasteiger partial charge in [0.2, 0.25) is 5.72 Å². The Hall–Kier alpha value is -3.49. The van der Waals surface area contributed by atoms with Crippen LogP contribution >= 0.6 is 19.4 Å². The van der Waals surface area contributed by atoms with Crippen molar-refractivity contribution in [1.82, 2.24) is 9.55 Å². The number of esters is 2. The van der Waals surface area contributed by atoms with Gasteiger partial charge in [-0.2, -0.15) is 0 Å². The van der Waals surface area contributed by atoms with Gasteiger partial charge in [-0.3, -0.25) is 37.5 Å². The molecule has 2 aromatic rings. The first kappa shape index (κ1) is 31.4. The minimum absolute atomic E-state index is 0.0375. The number of phosphoric ester groups is 1. The largest absolute Gasteiger partial charge is 0.475 e. The standard InChI is InChI=1S/C24H27ClN5O11P/c1-3-18(32)38-20-21(39-19(33)4-2)24(28-29-26,40-22(20)30-10-8-17(31)27-23(30)34)13-37-42(35)36-11-9-16(41-42)14-6-5-7-15(25)12-14/h5-8,10,12,16,20-22H,3-4,9,11,13H2,1-2H3,(H,27,31,34)/t16-,20+,21-,22?,24+,42+/m0/s1. The molecule has 1 aromatic carbocycles. The Morgan fingerprint density at radius 2 is 1.98 bits per heavy atom. The summed E-state index contributed by atoms with van der Waals surface area (Å²) in [4.78, 5) is 54.1. The smallest absolute Gasteiger partial charge is 0.455 e. The molecular weight excluding hydrogens is 601 g/mol. The number of hydrogen-bond acceptors (Lipinski definition) is 12. The summed E-state index contributed by atoms with van der Waals surface area (Å²) >= 11 is 6.08. The Bertz CT molecular complexity index is 1540. The van der Waals surface area contributed by atoms with Gasteiger partial charge in [-0.1, -0.05) is 42.7 Å². The average molecular weight is 628 g/mol. The van der Waals surface area contributed by atoms with Crippen LogP contribution < -0.4 is 11.2 Å². The van der Waals surface area contributed by atoms with E-state index in [1.54, 1.807) is 24.3 Å². The molecule has 226 valence electrons. The summed E-state index contributed by atoms with van der Waals surface area (Å²) in [5.74, 6) is -1.59. The second-order valence-electron chi connectivity index (χ2n) is 9.12. The lowest BCUT2D eigenvalue weighted by Crippen LogP contribution is -2.49. The highest BCUT2D eigenvalue weighted by Crippen LogP contribution is 2.58. The Morgan fingerprint density at radius 3 is 2.64 bits per heavy atom. The number of ether oxygens (including phenoxy) is 3. The quantitative estimate of drug-likeness (QED) is 0.132. The summed E-state index contributed by atoms with van der Waals surface area (Å²) in [7, 11) is -4.37. The summed E-state index contributed by atoms with van der Waals surface area (Å²) in [5, 5.41) is 4.09. The predicted molar refractivity (Wildman–Crippen MR) is 143 cm³/mol. The second kappa shape index (κ2) is 13.2. The van der Waals surface area contributed by atoms with Crippen LogP contribution in [0.25, 0.3) is 10.4 Å². The van der Waals surface area contributed by atoms with Gasteiger partial charge >= 0.3 is 25.5 Å². The number of rotatable bonds is 10. The summed E-state index contributed by atoms with van der Waals surface area (Å²) < 4.78 is 47.9. The summed E-state index contributed by atoms with van der Waals surface area (Å²) in [6, 6.07) is 7.69. The molecule has 16 nitrogen and oxygen atoms in total. The van der Waals surface area contributed by atoms with Crippen molar-refractivity contribution in [3.05, 3.63) is 78.4 Å². The SMILES string of the molecule is CCC(=O)O[C@H]1C(n2ccc(=O)[nH]c2=O)O[C@@](CO[P@@]2(=O)OCC[C@@H](c3cccc(Cl)c3)O2)(N=[N+]=[N-])[C@H]1OC(=O)CC. The van der Waals surface area contributed by atoms with Gasteiger partial charge in [-0.25, -0.2) is 9.36 Å². The van der Waals surface area contributed by atoms with Gasteiger partial charge in [-0.05, 0) is 23.2 Å². The van der Waals surface area contributed by atoms with E-state index < -0.39 is 67.9 Å². The van der Waals surface area contributed by atoms with E-state index in [0.29, 0.717) is 17.0 Å². The summed E-state index contributed by atoms with van der Waals surface area (Å²) in [5.41, 5.74) is 6.05. The van der Waals surface area contributed by atoms with Gasteiger partial charge in [-0.15, -0.1) is 0 Å². The molecule has 2 aliphatic heterocycles. The van der Waals surface area contributed by atoms with Crippen LogP contribution in [0, 0.1) is 0 Å². The topological polar surface area (TPSA) is 210 Å². The second-order valence-corrected chi connectivity index (χ2v) is 11.2. The van der Waals surface area contributed by atoms with Crippen LogP contribution in [0.5, 0.6) is 0 Å². The van der Waals surface area contributed by atoms with Crippen LogP contribution in [0.4, 0.5) is 0 Å². The average Bonchev–Trinajstić information content (AvgIpc) is 3.24. The van der Waals surface area contributed by atoms with Crippen LogP contribution in [-0.2, 0) is 41.9 Å². The number of nitrogens with zero attached hydrogens (tertiary/aromatic N) is 4. The molecule has 4 rings (SSSR count). The fourth-order valence-electron chi connectivity index (χ4n) is 4.32. The van der Waals surface area contributed by atoms with E-state index >= 15 is 0 Å². The first-order valence-electron chi connectivity index (χ1n) is 12.8. The number of H-pyrrole nitrogens is 1. The molecule has 2 saturated heterocycles. The van der Waals surface area contributed by atoms with Crippen LogP contribution in [0.1, 0.15) is 51.0 Å². The fraction of sp³-hybridized carbons (Fsp3) is 0.500. The van der Waals surface area contributed by atoms with Crippen molar-refractivity contribution in [3.8, 4) is 0 Å². The third-order valence-electron chi connectivity index (χ3n) is 6.33. The molecule has 42 heavy (non-hydrogen) atoms. The van der Waals surface area contributed by atoms with Crippen molar-refractivity contribution in [3.63, 3.8) is 0 Å². The Labute approximate surface area is 243 Å². The maximum absolute atomic E-state index is 13.6. The third kappa shape index (κ3) is 6.93. The van der Waals surface area contributed by atoms with Gasteiger partial charge in [0.15, 0.2) is 18.4 Å². The number of phosphoric acid groups is 1.